The van der Waals surface area contributed by atoms with Gasteiger partial charge in [0.1, 0.15) is 11.9 Å². The predicted molar refractivity (Wildman–Crippen MR) is 92.3 cm³/mol. The standard InChI is InChI=1S/C17H19N5O2/c1-21-15(13(9-18)16(23)22(2)17(21)24)19-10-12-8-7-11-5-3-4-6-14(11)20-12/h3-6,12,19-20H,7-8,10H2,1-2H3/t12-/m1/s1. The van der Waals surface area contributed by atoms with E-state index in [1.807, 2.05) is 24.3 Å². The molecule has 124 valence electrons. The number of fused-ring (bicyclic) bond motifs is 1. The van der Waals surface area contributed by atoms with Crippen molar-refractivity contribution < 1.29 is 0 Å². The first-order valence-corrected chi connectivity index (χ1v) is 7.81. The van der Waals surface area contributed by atoms with Gasteiger partial charge in [0.2, 0.25) is 0 Å². The van der Waals surface area contributed by atoms with Gasteiger partial charge in [-0.25, -0.2) is 4.79 Å². The summed E-state index contributed by atoms with van der Waals surface area (Å²) in [5.74, 6) is 0.270. The molecule has 0 radical (unpaired) electrons. The van der Waals surface area contributed by atoms with E-state index < -0.39 is 11.2 Å². The van der Waals surface area contributed by atoms with E-state index in [2.05, 4.69) is 16.7 Å². The van der Waals surface area contributed by atoms with E-state index >= 15 is 0 Å². The Morgan fingerprint density at radius 3 is 2.79 bits per heavy atom. The molecule has 2 N–H and O–H groups in total. The van der Waals surface area contributed by atoms with Gasteiger partial charge >= 0.3 is 5.69 Å². The van der Waals surface area contributed by atoms with Crippen molar-refractivity contribution >= 4 is 11.5 Å². The Kier molecular flexibility index (Phi) is 4.13. The van der Waals surface area contributed by atoms with Crippen LogP contribution in [0.2, 0.25) is 0 Å². The molecule has 3 rings (SSSR count). The molecule has 7 nitrogen and oxygen atoms in total. The molecule has 0 bridgehead atoms. The topological polar surface area (TPSA) is 91.8 Å². The third kappa shape index (κ3) is 2.67. The van der Waals surface area contributed by atoms with E-state index in [4.69, 9.17) is 0 Å². The van der Waals surface area contributed by atoms with E-state index in [9.17, 15) is 14.9 Å². The van der Waals surface area contributed by atoms with Crippen LogP contribution in [0.3, 0.4) is 0 Å². The van der Waals surface area contributed by atoms with Crippen molar-refractivity contribution in [3.05, 3.63) is 56.2 Å². The Morgan fingerprint density at radius 2 is 2.04 bits per heavy atom. The van der Waals surface area contributed by atoms with Crippen molar-refractivity contribution in [2.24, 2.45) is 14.1 Å². The fourth-order valence-electron chi connectivity index (χ4n) is 3.03. The first kappa shape index (κ1) is 15.9. The lowest BCUT2D eigenvalue weighted by atomic mass is 9.98. The number of nitrogens with one attached hydrogen (secondary N) is 2. The number of aryl methyl sites for hydroxylation is 1. The highest BCUT2D eigenvalue weighted by Crippen LogP contribution is 2.24. The summed E-state index contributed by atoms with van der Waals surface area (Å²) in [5.41, 5.74) is 1.31. The Labute approximate surface area is 139 Å². The van der Waals surface area contributed by atoms with Crippen LogP contribution in [0.5, 0.6) is 0 Å². The molecule has 0 unspecified atom stereocenters. The van der Waals surface area contributed by atoms with Crippen molar-refractivity contribution in [2.45, 2.75) is 18.9 Å². The van der Waals surface area contributed by atoms with E-state index in [1.165, 1.54) is 17.2 Å². The average molecular weight is 325 g/mol. The Morgan fingerprint density at radius 1 is 1.29 bits per heavy atom. The molecule has 2 heterocycles. The second-order valence-corrected chi connectivity index (χ2v) is 5.96. The lowest BCUT2D eigenvalue weighted by Crippen LogP contribution is -2.41. The quantitative estimate of drug-likeness (QED) is 0.871. The lowest BCUT2D eigenvalue weighted by molar-refractivity contribution is 0.641. The molecule has 24 heavy (non-hydrogen) atoms. The molecule has 0 saturated heterocycles. The summed E-state index contributed by atoms with van der Waals surface area (Å²) in [6.45, 7) is 0.517. The van der Waals surface area contributed by atoms with Crippen molar-refractivity contribution in [1.82, 2.24) is 9.13 Å². The monoisotopic (exact) mass is 325 g/mol. The summed E-state index contributed by atoms with van der Waals surface area (Å²) in [7, 11) is 2.92. The van der Waals surface area contributed by atoms with Gasteiger partial charge in [0.15, 0.2) is 5.56 Å². The average Bonchev–Trinajstić information content (AvgIpc) is 2.61. The van der Waals surface area contributed by atoms with Crippen LogP contribution in [-0.4, -0.2) is 21.7 Å². The summed E-state index contributed by atoms with van der Waals surface area (Å²) in [6.07, 6.45) is 1.90. The maximum absolute atomic E-state index is 12.1. The maximum atomic E-state index is 12.1. The summed E-state index contributed by atoms with van der Waals surface area (Å²) in [6, 6.07) is 10.2. The number of rotatable bonds is 3. The second kappa shape index (κ2) is 6.24. The minimum atomic E-state index is -0.579. The largest absolute Gasteiger partial charge is 0.380 e. The number of para-hydroxylation sites is 1. The van der Waals surface area contributed by atoms with Gasteiger partial charge in [0.25, 0.3) is 5.56 Å². The molecule has 1 aliphatic heterocycles. The van der Waals surface area contributed by atoms with Gasteiger partial charge in [0.05, 0.1) is 0 Å². The van der Waals surface area contributed by atoms with Crippen LogP contribution in [-0.2, 0) is 20.5 Å². The van der Waals surface area contributed by atoms with Crippen LogP contribution in [0.4, 0.5) is 11.5 Å². The normalized spacial score (nSPS) is 16.0. The van der Waals surface area contributed by atoms with Gasteiger partial charge in [-0.15, -0.1) is 0 Å². The van der Waals surface area contributed by atoms with Crippen LogP contribution in [0.15, 0.2) is 33.9 Å². The molecule has 0 amide bonds. The van der Waals surface area contributed by atoms with Crippen molar-refractivity contribution in [2.75, 3.05) is 17.2 Å². The highest BCUT2D eigenvalue weighted by atomic mass is 16.2. The van der Waals surface area contributed by atoms with Crippen LogP contribution >= 0.6 is 0 Å². The minimum Gasteiger partial charge on any atom is -0.380 e. The molecule has 1 atom stereocenters. The smallest absolute Gasteiger partial charge is 0.332 e. The van der Waals surface area contributed by atoms with Gasteiger partial charge in [-0.2, -0.15) is 5.26 Å². The first-order chi connectivity index (χ1) is 11.5. The minimum absolute atomic E-state index is 0.0455. The molecule has 1 aromatic carbocycles. The highest BCUT2D eigenvalue weighted by Gasteiger charge is 2.19. The summed E-state index contributed by atoms with van der Waals surface area (Å²) < 4.78 is 2.25. The lowest BCUT2D eigenvalue weighted by Gasteiger charge is -2.28. The van der Waals surface area contributed by atoms with Gasteiger partial charge in [-0.3, -0.25) is 13.9 Å². The third-order valence-electron chi connectivity index (χ3n) is 4.43. The number of hydrogen-bond acceptors (Lipinski definition) is 5. The number of nitriles is 1. The molecule has 0 aliphatic carbocycles. The van der Waals surface area contributed by atoms with E-state index in [-0.39, 0.29) is 17.4 Å². The molecular weight excluding hydrogens is 306 g/mol. The number of aromatic nitrogens is 2. The van der Waals surface area contributed by atoms with Gasteiger partial charge in [-0.1, -0.05) is 18.2 Å². The molecule has 0 saturated carbocycles. The molecule has 2 aromatic rings. The number of hydrogen-bond donors (Lipinski definition) is 2. The van der Waals surface area contributed by atoms with Crippen molar-refractivity contribution in [1.29, 1.82) is 5.26 Å². The Balaban J connectivity index is 1.83. The zero-order valence-corrected chi connectivity index (χ0v) is 13.7. The number of anilines is 2. The molecule has 0 spiro atoms. The number of benzene rings is 1. The Bertz CT molecular complexity index is 935. The van der Waals surface area contributed by atoms with Crippen LogP contribution in [0.1, 0.15) is 17.5 Å². The predicted octanol–water partition coefficient (Wildman–Crippen LogP) is 0.794. The van der Waals surface area contributed by atoms with Crippen LogP contribution < -0.4 is 21.9 Å². The zero-order valence-electron chi connectivity index (χ0n) is 13.7. The maximum Gasteiger partial charge on any atom is 0.332 e. The zero-order chi connectivity index (χ0) is 17.3. The molecule has 0 fully saturated rings. The second-order valence-electron chi connectivity index (χ2n) is 5.96. The first-order valence-electron chi connectivity index (χ1n) is 7.81. The fraction of sp³-hybridized carbons (Fsp3) is 0.353. The van der Waals surface area contributed by atoms with Crippen LogP contribution in [0, 0.1) is 11.3 Å². The summed E-state index contributed by atoms with van der Waals surface area (Å²) in [5, 5.41) is 15.8. The van der Waals surface area contributed by atoms with E-state index in [0.717, 1.165) is 23.1 Å². The fourth-order valence-corrected chi connectivity index (χ4v) is 3.03. The molecule has 7 heteroatoms. The summed E-state index contributed by atoms with van der Waals surface area (Å²) in [4.78, 5) is 24.1. The van der Waals surface area contributed by atoms with E-state index in [0.29, 0.717) is 6.54 Å². The van der Waals surface area contributed by atoms with Crippen molar-refractivity contribution in [3.8, 4) is 6.07 Å². The Hall–Kier alpha value is -3.01. The van der Waals surface area contributed by atoms with Crippen molar-refractivity contribution in [3.63, 3.8) is 0 Å². The van der Waals surface area contributed by atoms with Crippen LogP contribution in [0.25, 0.3) is 0 Å². The van der Waals surface area contributed by atoms with Gasteiger partial charge < -0.3 is 10.6 Å². The third-order valence-corrected chi connectivity index (χ3v) is 4.43. The van der Waals surface area contributed by atoms with Gasteiger partial charge in [0, 0.05) is 32.4 Å². The van der Waals surface area contributed by atoms with Gasteiger partial charge in [-0.05, 0) is 24.5 Å². The van der Waals surface area contributed by atoms with E-state index in [1.54, 1.807) is 7.05 Å². The molecular formula is C17H19N5O2. The number of nitrogens with zero attached hydrogens (tertiary/aromatic N) is 3. The SMILES string of the molecule is Cn1c(NC[C@H]2CCc3ccccc3N2)c(C#N)c(=O)n(C)c1=O. The highest BCUT2D eigenvalue weighted by molar-refractivity contribution is 5.55. The summed E-state index contributed by atoms with van der Waals surface area (Å²) >= 11 is 0. The molecule has 1 aliphatic rings. The molecule has 1 aromatic heterocycles.